The minimum Gasteiger partial charge on any atom is -0.339 e. The van der Waals surface area contributed by atoms with E-state index in [4.69, 9.17) is 0 Å². The zero-order chi connectivity index (χ0) is 15.0. The number of likely N-dealkylation sites (N-methyl/N-ethyl adjacent to an activating group) is 2. The number of carbonyl (C=O) groups excluding carboxylic acids is 3. The van der Waals surface area contributed by atoms with Crippen molar-refractivity contribution in [1.82, 2.24) is 19.6 Å². The molecule has 2 rings (SSSR count). The van der Waals surface area contributed by atoms with Gasteiger partial charge in [-0.1, -0.05) is 6.92 Å². The predicted octanol–water partition coefficient (Wildman–Crippen LogP) is -0.711. The number of carbonyl (C=O) groups is 3. The van der Waals surface area contributed by atoms with Crippen LogP contribution in [-0.4, -0.2) is 90.8 Å². The zero-order valence-corrected chi connectivity index (χ0v) is 12.5. The molecule has 0 aromatic carbocycles. The molecule has 0 aromatic heterocycles. The number of rotatable bonds is 3. The molecule has 2 atom stereocenters. The van der Waals surface area contributed by atoms with E-state index in [1.807, 2.05) is 14.1 Å². The van der Waals surface area contributed by atoms with Crippen LogP contribution in [0.5, 0.6) is 0 Å². The minimum atomic E-state index is -0.389. The molecule has 2 aliphatic rings. The van der Waals surface area contributed by atoms with Crippen LogP contribution in [0.4, 0.5) is 4.79 Å². The summed E-state index contributed by atoms with van der Waals surface area (Å²) in [7, 11) is 5.56. The molecule has 0 N–H and O–H groups in total. The molecule has 7 nitrogen and oxygen atoms in total. The van der Waals surface area contributed by atoms with Crippen LogP contribution in [0.25, 0.3) is 0 Å². The lowest BCUT2D eigenvalue weighted by Gasteiger charge is -2.23. The maximum atomic E-state index is 12.3. The fourth-order valence-electron chi connectivity index (χ4n) is 2.89. The third-order valence-corrected chi connectivity index (χ3v) is 4.11. The largest absolute Gasteiger partial charge is 0.339 e. The van der Waals surface area contributed by atoms with Crippen molar-refractivity contribution in [2.45, 2.75) is 13.0 Å². The van der Waals surface area contributed by atoms with Gasteiger partial charge in [0.05, 0.1) is 0 Å². The van der Waals surface area contributed by atoms with Crippen LogP contribution in [0.15, 0.2) is 0 Å². The van der Waals surface area contributed by atoms with E-state index < -0.39 is 0 Å². The van der Waals surface area contributed by atoms with Crippen molar-refractivity contribution in [3.63, 3.8) is 0 Å². The van der Waals surface area contributed by atoms with Crippen molar-refractivity contribution in [2.75, 3.05) is 47.3 Å². The Morgan fingerprint density at radius 2 is 1.95 bits per heavy atom. The van der Waals surface area contributed by atoms with E-state index in [1.165, 1.54) is 4.90 Å². The molecule has 0 saturated carbocycles. The van der Waals surface area contributed by atoms with E-state index in [9.17, 15) is 14.4 Å². The third kappa shape index (κ3) is 2.63. The number of likely N-dealkylation sites (tertiary alicyclic amines) is 1. The zero-order valence-electron chi connectivity index (χ0n) is 12.5. The molecular weight excluding hydrogens is 260 g/mol. The van der Waals surface area contributed by atoms with Gasteiger partial charge in [-0.25, -0.2) is 4.79 Å². The quantitative estimate of drug-likeness (QED) is 0.641. The summed E-state index contributed by atoms with van der Waals surface area (Å²) < 4.78 is 0. The molecule has 112 valence electrons. The van der Waals surface area contributed by atoms with E-state index in [-0.39, 0.29) is 30.9 Å². The van der Waals surface area contributed by atoms with Crippen LogP contribution in [0, 0.1) is 5.92 Å². The van der Waals surface area contributed by atoms with Crippen molar-refractivity contribution in [3.8, 4) is 0 Å². The van der Waals surface area contributed by atoms with Crippen molar-refractivity contribution >= 4 is 17.8 Å². The van der Waals surface area contributed by atoms with Gasteiger partial charge in [0.25, 0.3) is 5.91 Å². The maximum absolute atomic E-state index is 12.3. The molecule has 2 fully saturated rings. The van der Waals surface area contributed by atoms with Crippen LogP contribution in [0.3, 0.4) is 0 Å². The summed E-state index contributed by atoms with van der Waals surface area (Å²) >= 11 is 0. The Bertz CT molecular complexity index is 437. The van der Waals surface area contributed by atoms with Gasteiger partial charge in [0.15, 0.2) is 0 Å². The van der Waals surface area contributed by atoms with Crippen molar-refractivity contribution in [3.05, 3.63) is 0 Å². The first-order valence-electron chi connectivity index (χ1n) is 6.81. The first-order chi connectivity index (χ1) is 9.31. The average Bonchev–Trinajstić information content (AvgIpc) is 2.85. The molecule has 4 amide bonds. The van der Waals surface area contributed by atoms with Gasteiger partial charge in [0.2, 0.25) is 5.91 Å². The summed E-state index contributed by atoms with van der Waals surface area (Å²) in [6, 6.07) is -0.0636. The van der Waals surface area contributed by atoms with Gasteiger partial charge in [0, 0.05) is 26.2 Å². The second kappa shape index (κ2) is 5.40. The van der Waals surface area contributed by atoms with Gasteiger partial charge >= 0.3 is 6.03 Å². The highest BCUT2D eigenvalue weighted by Gasteiger charge is 2.38. The molecule has 2 heterocycles. The molecule has 2 saturated heterocycles. The Hall–Kier alpha value is -1.63. The Morgan fingerprint density at radius 1 is 1.30 bits per heavy atom. The Morgan fingerprint density at radius 3 is 2.40 bits per heavy atom. The lowest BCUT2D eigenvalue weighted by atomic mass is 10.1. The highest BCUT2D eigenvalue weighted by Crippen LogP contribution is 2.20. The summed E-state index contributed by atoms with van der Waals surface area (Å²) in [5.74, 6) is -0.0675. The van der Waals surface area contributed by atoms with Crippen LogP contribution in [-0.2, 0) is 9.59 Å². The van der Waals surface area contributed by atoms with Crippen molar-refractivity contribution < 1.29 is 14.4 Å². The molecular formula is C13H22N4O3. The monoisotopic (exact) mass is 282 g/mol. The van der Waals surface area contributed by atoms with Gasteiger partial charge < -0.3 is 14.7 Å². The van der Waals surface area contributed by atoms with E-state index in [0.717, 1.165) is 4.90 Å². The molecule has 0 aliphatic carbocycles. The fourth-order valence-corrected chi connectivity index (χ4v) is 2.89. The van der Waals surface area contributed by atoms with Crippen LogP contribution in [0.1, 0.15) is 6.92 Å². The molecule has 0 radical (unpaired) electrons. The summed E-state index contributed by atoms with van der Waals surface area (Å²) in [6.07, 6.45) is 0. The van der Waals surface area contributed by atoms with Crippen molar-refractivity contribution in [1.29, 1.82) is 0 Å². The van der Waals surface area contributed by atoms with E-state index in [1.54, 1.807) is 11.9 Å². The first kappa shape index (κ1) is 14.8. The number of hydrogen-bond acceptors (Lipinski definition) is 4. The van der Waals surface area contributed by atoms with Crippen molar-refractivity contribution in [2.24, 2.45) is 5.92 Å². The van der Waals surface area contributed by atoms with Gasteiger partial charge in [-0.3, -0.25) is 14.5 Å². The van der Waals surface area contributed by atoms with Gasteiger partial charge in [0.1, 0.15) is 13.1 Å². The number of hydrogen-bond donors (Lipinski definition) is 0. The minimum absolute atomic E-state index is 0.0584. The molecule has 0 spiro atoms. The standard InChI is InChI=1S/C13H22N4O3/c1-9-5-16(6-10(9)14(2)3)11(18)8-17-12(19)7-15(4)13(17)20/h9-10H,5-8H2,1-4H3/t9-,10+/m0/s1. The third-order valence-electron chi connectivity index (χ3n) is 4.11. The summed E-state index contributed by atoms with van der Waals surface area (Å²) in [5.41, 5.74) is 0. The summed E-state index contributed by atoms with van der Waals surface area (Å²) in [4.78, 5) is 41.9. The highest BCUT2D eigenvalue weighted by molar-refractivity contribution is 6.04. The average molecular weight is 282 g/mol. The number of urea groups is 1. The molecule has 0 unspecified atom stereocenters. The smallest absolute Gasteiger partial charge is 0.327 e. The lowest BCUT2D eigenvalue weighted by Crippen LogP contribution is -2.43. The number of nitrogens with zero attached hydrogens (tertiary/aromatic N) is 4. The topological polar surface area (TPSA) is 64.2 Å². The second-order valence-electron chi connectivity index (χ2n) is 5.93. The van der Waals surface area contributed by atoms with E-state index >= 15 is 0 Å². The van der Waals surface area contributed by atoms with Gasteiger partial charge in [-0.2, -0.15) is 0 Å². The van der Waals surface area contributed by atoms with Gasteiger partial charge in [-0.15, -0.1) is 0 Å². The molecule has 2 aliphatic heterocycles. The summed E-state index contributed by atoms with van der Waals surface area (Å²) in [6.45, 7) is 3.35. The molecule has 7 heteroatoms. The Kier molecular flexibility index (Phi) is 3.99. The Balaban J connectivity index is 1.97. The Labute approximate surface area is 119 Å². The van der Waals surface area contributed by atoms with E-state index in [2.05, 4.69) is 11.8 Å². The molecule has 20 heavy (non-hydrogen) atoms. The fraction of sp³-hybridized carbons (Fsp3) is 0.769. The second-order valence-corrected chi connectivity index (χ2v) is 5.93. The molecule has 0 bridgehead atoms. The van der Waals surface area contributed by atoms with Crippen LogP contribution in [0.2, 0.25) is 0 Å². The lowest BCUT2D eigenvalue weighted by molar-refractivity contribution is -0.135. The highest BCUT2D eigenvalue weighted by atomic mass is 16.2. The van der Waals surface area contributed by atoms with Gasteiger partial charge in [-0.05, 0) is 20.0 Å². The molecule has 0 aromatic rings. The summed E-state index contributed by atoms with van der Waals surface area (Å²) in [5, 5.41) is 0. The first-order valence-corrected chi connectivity index (χ1v) is 6.81. The SMILES string of the molecule is C[C@H]1CN(C(=O)CN2C(=O)CN(C)C2=O)C[C@H]1N(C)C. The van der Waals surface area contributed by atoms with Crippen LogP contribution >= 0.6 is 0 Å². The number of imide groups is 1. The number of amides is 4. The van der Waals surface area contributed by atoms with E-state index in [0.29, 0.717) is 25.0 Å². The predicted molar refractivity (Wildman–Crippen MR) is 73.0 cm³/mol. The maximum Gasteiger partial charge on any atom is 0.327 e. The van der Waals surface area contributed by atoms with Crippen LogP contribution < -0.4 is 0 Å². The normalized spacial score (nSPS) is 27.1.